The van der Waals surface area contributed by atoms with Crippen LogP contribution in [0.15, 0.2) is 66.4 Å². The zero-order chi connectivity index (χ0) is 27.8. The Balaban J connectivity index is 1.41. The van der Waals surface area contributed by atoms with E-state index in [0.29, 0.717) is 11.6 Å². The number of allylic oxidation sites excluding steroid dienone is 1. The van der Waals surface area contributed by atoms with Crippen LogP contribution >= 0.6 is 0 Å². The van der Waals surface area contributed by atoms with Gasteiger partial charge in [-0.3, -0.25) is 14.6 Å². The van der Waals surface area contributed by atoms with E-state index in [1.54, 1.807) is 6.92 Å². The van der Waals surface area contributed by atoms with E-state index in [-0.39, 0.29) is 11.9 Å². The van der Waals surface area contributed by atoms with Crippen LogP contribution in [0.1, 0.15) is 32.3 Å². The van der Waals surface area contributed by atoms with Crippen LogP contribution in [0, 0.1) is 5.92 Å². The van der Waals surface area contributed by atoms with Gasteiger partial charge in [-0.2, -0.15) is 0 Å². The number of carbonyl (C=O) groups is 1. The summed E-state index contributed by atoms with van der Waals surface area (Å²) < 4.78 is 2.18. The first-order valence-corrected chi connectivity index (χ1v) is 14.4. The van der Waals surface area contributed by atoms with E-state index in [0.717, 1.165) is 75.7 Å². The average Bonchev–Trinajstić information content (AvgIpc) is 3.54. The molecule has 1 unspecified atom stereocenters. The third-order valence-electron chi connectivity index (χ3n) is 9.02. The number of piperidine rings is 1. The van der Waals surface area contributed by atoms with Gasteiger partial charge in [-0.15, -0.1) is 0 Å². The first-order valence-electron chi connectivity index (χ1n) is 14.4. The monoisotopic (exact) mass is 538 g/mol. The molecule has 3 aromatic rings. The van der Waals surface area contributed by atoms with Gasteiger partial charge in [0.05, 0.1) is 18.6 Å². The zero-order valence-electron chi connectivity index (χ0n) is 23.7. The molecule has 6 rings (SSSR count). The van der Waals surface area contributed by atoms with E-state index >= 15 is 0 Å². The number of likely N-dealkylation sites (tertiary alicyclic amines) is 1. The lowest BCUT2D eigenvalue weighted by Gasteiger charge is -2.37. The van der Waals surface area contributed by atoms with Crippen LogP contribution in [-0.4, -0.2) is 88.5 Å². The highest BCUT2D eigenvalue weighted by atomic mass is 16.2. The van der Waals surface area contributed by atoms with Crippen LogP contribution < -0.4 is 4.90 Å². The molecule has 0 bridgehead atoms. The summed E-state index contributed by atoms with van der Waals surface area (Å²) in [5, 5.41) is 2.38. The largest absolute Gasteiger partial charge is 0.343 e. The molecule has 0 N–H and O–H groups in total. The van der Waals surface area contributed by atoms with Crippen LogP contribution in [0.3, 0.4) is 0 Å². The standard InChI is InChI=1S/C32H38N6O2/c1-23-31(28-10-6-8-26-7-4-5-9-27(26)28)32(36-17-15-34(3)16-18-36)29(21-39)38(23)30-19-33-22-37(30)20-25-11-13-35(14-12-25)24(2)40/h4-10,19,22,25,32H,11-18,20H2,1-3H3. The van der Waals surface area contributed by atoms with Crippen molar-refractivity contribution in [3.05, 3.63) is 71.9 Å². The van der Waals surface area contributed by atoms with Gasteiger partial charge in [0.15, 0.2) is 0 Å². The molecule has 0 aliphatic carbocycles. The van der Waals surface area contributed by atoms with Crippen molar-refractivity contribution in [3.8, 4) is 0 Å². The van der Waals surface area contributed by atoms with Crippen LogP contribution in [0.4, 0.5) is 5.82 Å². The predicted molar refractivity (Wildman–Crippen MR) is 158 cm³/mol. The Hall–Kier alpha value is -3.71. The minimum Gasteiger partial charge on any atom is -0.343 e. The van der Waals surface area contributed by atoms with Gasteiger partial charge in [0.1, 0.15) is 17.5 Å². The summed E-state index contributed by atoms with van der Waals surface area (Å²) in [6.45, 7) is 9.86. The minimum atomic E-state index is -0.181. The van der Waals surface area contributed by atoms with E-state index in [9.17, 15) is 9.59 Å². The van der Waals surface area contributed by atoms with Crippen molar-refractivity contribution < 1.29 is 9.59 Å². The second kappa shape index (κ2) is 11.0. The number of amides is 1. The topological polar surface area (TPSA) is 64.9 Å². The average molecular weight is 539 g/mol. The molecule has 4 heterocycles. The Labute approximate surface area is 236 Å². The van der Waals surface area contributed by atoms with Crippen LogP contribution in [0.2, 0.25) is 0 Å². The van der Waals surface area contributed by atoms with Crippen molar-refractivity contribution in [1.29, 1.82) is 0 Å². The fourth-order valence-electron chi connectivity index (χ4n) is 6.74. The first-order chi connectivity index (χ1) is 19.5. The summed E-state index contributed by atoms with van der Waals surface area (Å²) in [5.74, 6) is 3.90. The zero-order valence-corrected chi connectivity index (χ0v) is 23.7. The van der Waals surface area contributed by atoms with Crippen LogP contribution in [0.5, 0.6) is 0 Å². The van der Waals surface area contributed by atoms with E-state index in [1.165, 1.54) is 16.3 Å². The molecule has 2 fully saturated rings. The van der Waals surface area contributed by atoms with Crippen molar-refractivity contribution in [2.45, 2.75) is 39.3 Å². The SMILES string of the molecule is CC(=O)N1CCC(Cn2cncc2N2C(=C=O)C(N3CCN(C)CC3)C(c3cccc4ccccc34)=C2C)CC1. The van der Waals surface area contributed by atoms with E-state index in [2.05, 4.69) is 86.6 Å². The fourth-order valence-corrected chi connectivity index (χ4v) is 6.74. The summed E-state index contributed by atoms with van der Waals surface area (Å²) in [4.78, 5) is 38.1. The molecule has 2 aromatic carbocycles. The highest BCUT2D eigenvalue weighted by molar-refractivity contribution is 6.00. The lowest BCUT2D eigenvalue weighted by Crippen LogP contribution is -2.50. The van der Waals surface area contributed by atoms with Gasteiger partial charge in [0.25, 0.3) is 0 Å². The Morgan fingerprint density at radius 2 is 1.73 bits per heavy atom. The highest BCUT2D eigenvalue weighted by Crippen LogP contribution is 2.44. The Morgan fingerprint density at radius 1 is 1.00 bits per heavy atom. The Morgan fingerprint density at radius 3 is 2.45 bits per heavy atom. The van der Waals surface area contributed by atoms with Crippen LogP contribution in [0.25, 0.3) is 16.3 Å². The Kier molecular flexibility index (Phi) is 7.32. The molecule has 0 radical (unpaired) electrons. The second-order valence-corrected chi connectivity index (χ2v) is 11.4. The number of hydrogen-bond acceptors (Lipinski definition) is 6. The van der Waals surface area contributed by atoms with Crippen molar-refractivity contribution in [1.82, 2.24) is 24.3 Å². The minimum absolute atomic E-state index is 0.149. The molecule has 40 heavy (non-hydrogen) atoms. The number of fused-ring (bicyclic) bond motifs is 1. The molecule has 2 saturated heterocycles. The lowest BCUT2D eigenvalue weighted by molar-refractivity contribution is -0.130. The molecular weight excluding hydrogens is 500 g/mol. The summed E-state index contributed by atoms with van der Waals surface area (Å²) in [6, 6.07) is 14.8. The highest BCUT2D eigenvalue weighted by Gasteiger charge is 2.42. The number of likely N-dealkylation sites (N-methyl/N-ethyl adjacent to an activating group) is 1. The fraction of sp³-hybridized carbons (Fsp3) is 0.438. The van der Waals surface area contributed by atoms with Gasteiger partial charge in [-0.25, -0.2) is 9.78 Å². The number of benzene rings is 2. The molecule has 3 aliphatic heterocycles. The Bertz CT molecular complexity index is 1480. The quantitative estimate of drug-likeness (QED) is 0.460. The third kappa shape index (κ3) is 4.77. The molecule has 0 spiro atoms. The smallest absolute Gasteiger partial charge is 0.219 e. The van der Waals surface area contributed by atoms with Crippen molar-refractivity contribution in [2.24, 2.45) is 5.92 Å². The molecule has 1 amide bonds. The van der Waals surface area contributed by atoms with Gasteiger partial charge in [-0.05, 0) is 49.1 Å². The maximum Gasteiger partial charge on any atom is 0.219 e. The predicted octanol–water partition coefficient (Wildman–Crippen LogP) is 3.88. The van der Waals surface area contributed by atoms with Crippen molar-refractivity contribution in [2.75, 3.05) is 51.2 Å². The lowest BCUT2D eigenvalue weighted by atomic mass is 9.92. The third-order valence-corrected chi connectivity index (χ3v) is 9.02. The van der Waals surface area contributed by atoms with Gasteiger partial charge in [0, 0.05) is 64.0 Å². The summed E-state index contributed by atoms with van der Waals surface area (Å²) in [5.41, 5.74) is 4.02. The number of imidazole rings is 1. The van der Waals surface area contributed by atoms with E-state index in [4.69, 9.17) is 0 Å². The van der Waals surface area contributed by atoms with Crippen molar-refractivity contribution in [3.63, 3.8) is 0 Å². The number of rotatable bonds is 5. The molecule has 1 aromatic heterocycles. The molecule has 3 aliphatic rings. The number of piperazine rings is 1. The molecule has 0 saturated carbocycles. The number of anilines is 1. The van der Waals surface area contributed by atoms with Gasteiger partial charge >= 0.3 is 0 Å². The van der Waals surface area contributed by atoms with Gasteiger partial charge in [0.2, 0.25) is 5.91 Å². The number of hydrogen-bond donors (Lipinski definition) is 0. The maximum atomic E-state index is 12.9. The van der Waals surface area contributed by atoms with E-state index < -0.39 is 0 Å². The summed E-state index contributed by atoms with van der Waals surface area (Å²) in [6.07, 6.45) is 5.68. The summed E-state index contributed by atoms with van der Waals surface area (Å²) >= 11 is 0. The molecule has 8 heteroatoms. The first kappa shape index (κ1) is 26.5. The molecule has 8 nitrogen and oxygen atoms in total. The number of aromatic nitrogens is 2. The van der Waals surface area contributed by atoms with Gasteiger partial charge < -0.3 is 14.4 Å². The van der Waals surface area contributed by atoms with Crippen LogP contribution in [-0.2, 0) is 16.1 Å². The molecule has 208 valence electrons. The maximum absolute atomic E-state index is 12.9. The molecular formula is C32H38N6O2. The molecule has 1 atom stereocenters. The van der Waals surface area contributed by atoms with Crippen molar-refractivity contribution >= 4 is 34.0 Å². The summed E-state index contributed by atoms with van der Waals surface area (Å²) in [7, 11) is 2.15. The second-order valence-electron chi connectivity index (χ2n) is 11.4. The van der Waals surface area contributed by atoms with Gasteiger partial charge in [-0.1, -0.05) is 42.5 Å². The van der Waals surface area contributed by atoms with E-state index in [1.807, 2.05) is 17.4 Å². The number of carbonyl (C=O) groups excluding carboxylic acids is 2. The number of nitrogens with zero attached hydrogens (tertiary/aromatic N) is 6. The normalized spacial score (nSPS) is 21.5.